The number of hydrogen-bond donors (Lipinski definition) is 1. The lowest BCUT2D eigenvalue weighted by atomic mass is 9.93. The summed E-state index contributed by atoms with van der Waals surface area (Å²) in [6, 6.07) is 4.83. The predicted molar refractivity (Wildman–Crippen MR) is 105 cm³/mol. The minimum Gasteiger partial charge on any atom is -0.352 e. The molecule has 2 saturated heterocycles. The van der Waals surface area contributed by atoms with Gasteiger partial charge in [-0.2, -0.15) is 0 Å². The Morgan fingerprint density at radius 1 is 1.23 bits per heavy atom. The average Bonchev–Trinajstić information content (AvgIpc) is 2.67. The van der Waals surface area contributed by atoms with Gasteiger partial charge in [-0.1, -0.05) is 12.2 Å². The number of aromatic nitrogens is 1. The van der Waals surface area contributed by atoms with Crippen molar-refractivity contribution in [3.8, 4) is 0 Å². The van der Waals surface area contributed by atoms with Crippen LogP contribution in [0.1, 0.15) is 38.2 Å². The maximum atomic E-state index is 12.4. The van der Waals surface area contributed by atoms with Gasteiger partial charge in [0.15, 0.2) is 0 Å². The molecule has 1 aromatic heterocycles. The van der Waals surface area contributed by atoms with Crippen LogP contribution in [-0.4, -0.2) is 59.5 Å². The fraction of sp³-hybridized carbons (Fsp3) is 0.619. The van der Waals surface area contributed by atoms with E-state index in [-0.39, 0.29) is 11.8 Å². The summed E-state index contributed by atoms with van der Waals surface area (Å²) in [4.78, 5) is 21.6. The fourth-order valence-corrected chi connectivity index (χ4v) is 4.12. The number of likely N-dealkylation sites (tertiary alicyclic amines) is 2. The summed E-state index contributed by atoms with van der Waals surface area (Å²) < 4.78 is 0. The molecule has 0 radical (unpaired) electrons. The molecule has 1 atom stereocenters. The molecular weight excluding hydrogens is 324 g/mol. The van der Waals surface area contributed by atoms with Gasteiger partial charge in [-0.25, -0.2) is 0 Å². The van der Waals surface area contributed by atoms with Crippen molar-refractivity contribution < 1.29 is 4.79 Å². The number of piperidine rings is 2. The molecule has 1 amide bonds. The highest BCUT2D eigenvalue weighted by atomic mass is 16.1. The van der Waals surface area contributed by atoms with E-state index in [1.807, 2.05) is 19.3 Å². The van der Waals surface area contributed by atoms with Crippen molar-refractivity contribution in [1.29, 1.82) is 0 Å². The van der Waals surface area contributed by atoms with E-state index in [1.165, 1.54) is 18.4 Å². The molecule has 3 rings (SSSR count). The molecule has 1 N–H and O–H groups in total. The van der Waals surface area contributed by atoms with Gasteiger partial charge in [0, 0.05) is 38.1 Å². The van der Waals surface area contributed by atoms with Gasteiger partial charge in [0.2, 0.25) is 5.91 Å². The first-order valence-corrected chi connectivity index (χ1v) is 9.89. The van der Waals surface area contributed by atoms with Crippen LogP contribution in [0.2, 0.25) is 0 Å². The van der Waals surface area contributed by atoms with Gasteiger partial charge < -0.3 is 5.32 Å². The Hall–Kier alpha value is -1.72. The average molecular weight is 357 g/mol. The van der Waals surface area contributed by atoms with Crippen molar-refractivity contribution in [2.24, 2.45) is 5.92 Å². The van der Waals surface area contributed by atoms with Crippen LogP contribution < -0.4 is 5.32 Å². The highest BCUT2D eigenvalue weighted by molar-refractivity contribution is 5.79. The molecule has 2 fully saturated rings. The Kier molecular flexibility index (Phi) is 6.80. The van der Waals surface area contributed by atoms with Gasteiger partial charge in [0.25, 0.3) is 0 Å². The number of pyridine rings is 1. The number of nitrogens with zero attached hydrogens (tertiary/aromatic N) is 3. The van der Waals surface area contributed by atoms with Crippen molar-refractivity contribution in [3.63, 3.8) is 0 Å². The molecule has 5 nitrogen and oxygen atoms in total. The van der Waals surface area contributed by atoms with Gasteiger partial charge in [-0.05, 0) is 69.9 Å². The summed E-state index contributed by atoms with van der Waals surface area (Å²) >= 11 is 0. The van der Waals surface area contributed by atoms with E-state index in [0.29, 0.717) is 12.6 Å². The monoisotopic (exact) mass is 356 g/mol. The topological polar surface area (TPSA) is 48.5 Å². The Bertz CT molecular complexity index is 595. The second kappa shape index (κ2) is 9.28. The smallest absolute Gasteiger partial charge is 0.224 e. The number of amides is 1. The number of carbonyl (C=O) groups excluding carboxylic acids is 1. The molecular formula is C21H32N4O. The first-order chi connectivity index (χ1) is 12.6. The molecule has 0 unspecified atom stereocenters. The van der Waals surface area contributed by atoms with E-state index in [1.54, 1.807) is 0 Å². The summed E-state index contributed by atoms with van der Waals surface area (Å²) in [5.41, 5.74) is 2.35. The highest BCUT2D eigenvalue weighted by Crippen LogP contribution is 2.24. The van der Waals surface area contributed by atoms with Crippen molar-refractivity contribution >= 4 is 5.91 Å². The third-order valence-electron chi connectivity index (χ3n) is 5.62. The quantitative estimate of drug-likeness (QED) is 0.796. The summed E-state index contributed by atoms with van der Waals surface area (Å²) in [7, 11) is 0. The molecule has 0 bridgehead atoms. The molecule has 0 aliphatic carbocycles. The number of nitrogens with one attached hydrogen (secondary N) is 1. The minimum absolute atomic E-state index is 0.137. The van der Waals surface area contributed by atoms with E-state index in [4.69, 9.17) is 0 Å². The van der Waals surface area contributed by atoms with Gasteiger partial charge in [0.05, 0.1) is 5.92 Å². The molecule has 5 heteroatoms. The van der Waals surface area contributed by atoms with Crippen molar-refractivity contribution in [3.05, 3.63) is 42.2 Å². The molecule has 2 aliphatic rings. The first-order valence-electron chi connectivity index (χ1n) is 9.89. The van der Waals surface area contributed by atoms with E-state index >= 15 is 0 Å². The molecule has 0 aromatic carbocycles. The van der Waals surface area contributed by atoms with Gasteiger partial charge in [-0.15, -0.1) is 0 Å². The Balaban J connectivity index is 1.45. The summed E-state index contributed by atoms with van der Waals surface area (Å²) in [5.74, 6) is 0.339. The number of hydrogen-bond acceptors (Lipinski definition) is 4. The molecule has 2 aliphatic heterocycles. The van der Waals surface area contributed by atoms with Gasteiger partial charge >= 0.3 is 0 Å². The van der Waals surface area contributed by atoms with Crippen LogP contribution >= 0.6 is 0 Å². The molecule has 3 heterocycles. The molecule has 142 valence electrons. The van der Waals surface area contributed by atoms with Crippen LogP contribution in [0.5, 0.6) is 0 Å². The zero-order valence-electron chi connectivity index (χ0n) is 16.0. The van der Waals surface area contributed by atoms with Crippen LogP contribution in [-0.2, 0) is 11.3 Å². The maximum Gasteiger partial charge on any atom is 0.224 e. The fourth-order valence-electron chi connectivity index (χ4n) is 4.12. The van der Waals surface area contributed by atoms with E-state index in [9.17, 15) is 4.79 Å². The first kappa shape index (κ1) is 19.1. The molecule has 1 aromatic rings. The zero-order valence-corrected chi connectivity index (χ0v) is 16.0. The van der Waals surface area contributed by atoms with E-state index in [2.05, 4.69) is 38.8 Å². The largest absolute Gasteiger partial charge is 0.352 e. The summed E-state index contributed by atoms with van der Waals surface area (Å²) in [5, 5.41) is 3.03. The zero-order chi connectivity index (χ0) is 18.4. The Labute approximate surface area is 157 Å². The van der Waals surface area contributed by atoms with Crippen LogP contribution in [0.25, 0.3) is 0 Å². The van der Waals surface area contributed by atoms with Crippen LogP contribution in [0.4, 0.5) is 0 Å². The van der Waals surface area contributed by atoms with Crippen molar-refractivity contribution in [1.82, 2.24) is 20.1 Å². The Morgan fingerprint density at radius 2 is 1.96 bits per heavy atom. The lowest BCUT2D eigenvalue weighted by Gasteiger charge is -2.42. The molecule has 26 heavy (non-hydrogen) atoms. The third-order valence-corrected chi connectivity index (χ3v) is 5.62. The second-order valence-corrected chi connectivity index (χ2v) is 7.87. The summed E-state index contributed by atoms with van der Waals surface area (Å²) in [6.45, 7) is 11.8. The molecule has 0 spiro atoms. The van der Waals surface area contributed by atoms with Crippen LogP contribution in [0, 0.1) is 5.92 Å². The number of rotatable bonds is 6. The van der Waals surface area contributed by atoms with Crippen molar-refractivity contribution in [2.45, 2.75) is 45.2 Å². The SMILES string of the molecule is C=C(C)CNC(=O)[C@H]1CCCN(C2CCN(Cc3ccncc3)CC2)C1. The second-order valence-electron chi connectivity index (χ2n) is 7.87. The highest BCUT2D eigenvalue weighted by Gasteiger charge is 2.31. The summed E-state index contributed by atoms with van der Waals surface area (Å²) in [6.07, 6.45) is 8.28. The molecule has 0 saturated carbocycles. The standard InChI is InChI=1S/C21H32N4O/c1-17(2)14-23-21(26)19-4-3-11-25(16-19)20-7-12-24(13-8-20)15-18-5-9-22-10-6-18/h5-6,9-10,19-20H,1,3-4,7-8,11-16H2,2H3,(H,23,26)/t19-/m0/s1. The predicted octanol–water partition coefficient (Wildman–Crippen LogP) is 2.45. The van der Waals surface area contributed by atoms with Crippen molar-refractivity contribution in [2.75, 3.05) is 32.7 Å². The lowest BCUT2D eigenvalue weighted by Crippen LogP contribution is -2.50. The van der Waals surface area contributed by atoms with Crippen LogP contribution in [0.3, 0.4) is 0 Å². The van der Waals surface area contributed by atoms with Gasteiger partial charge in [0.1, 0.15) is 0 Å². The lowest BCUT2D eigenvalue weighted by molar-refractivity contribution is -0.127. The Morgan fingerprint density at radius 3 is 2.65 bits per heavy atom. The number of carbonyl (C=O) groups is 1. The van der Waals surface area contributed by atoms with Gasteiger partial charge in [-0.3, -0.25) is 19.6 Å². The minimum atomic E-state index is 0.137. The van der Waals surface area contributed by atoms with Crippen LogP contribution in [0.15, 0.2) is 36.7 Å². The maximum absolute atomic E-state index is 12.4. The normalized spacial score (nSPS) is 22.9. The third kappa shape index (κ3) is 5.39. The van der Waals surface area contributed by atoms with E-state index in [0.717, 1.165) is 51.1 Å². The van der Waals surface area contributed by atoms with E-state index < -0.39 is 0 Å².